The number of Topliss-reactive ketones (excluding diaryl/α,β-unsaturated/α-hetero) is 1. The Morgan fingerprint density at radius 3 is 2.41 bits per heavy atom. The fourth-order valence-corrected chi connectivity index (χ4v) is 3.33. The Bertz CT molecular complexity index is 1150. The molecule has 1 aromatic heterocycles. The molecule has 0 aliphatic heterocycles. The van der Waals surface area contributed by atoms with Gasteiger partial charge in [0, 0.05) is 28.2 Å². The summed E-state index contributed by atoms with van der Waals surface area (Å²) in [5.74, 6) is -1.35. The van der Waals surface area contributed by atoms with Crippen molar-refractivity contribution in [2.45, 2.75) is 13.8 Å². The van der Waals surface area contributed by atoms with Gasteiger partial charge in [0.25, 0.3) is 5.91 Å². The molecule has 0 aliphatic rings. The zero-order valence-electron chi connectivity index (χ0n) is 18.0. The van der Waals surface area contributed by atoms with Crippen molar-refractivity contribution in [2.24, 2.45) is 0 Å². The lowest BCUT2D eigenvalue weighted by Gasteiger charge is -2.10. The van der Waals surface area contributed by atoms with E-state index in [9.17, 15) is 18.8 Å². The number of carbonyl (C=O) groups excluding carboxylic acids is 3. The van der Waals surface area contributed by atoms with Gasteiger partial charge in [0.2, 0.25) is 5.78 Å². The molecule has 0 fully saturated rings. The molecule has 1 heterocycles. The Kier molecular flexibility index (Phi) is 7.04. The zero-order chi connectivity index (χ0) is 23.3. The molecule has 2 aromatic carbocycles. The maximum atomic E-state index is 13.6. The molecular formula is C24H23FN2O5. The highest BCUT2D eigenvalue weighted by atomic mass is 19.1. The topological polar surface area (TPSA) is 86.6 Å². The van der Waals surface area contributed by atoms with Gasteiger partial charge < -0.3 is 19.4 Å². The van der Waals surface area contributed by atoms with Crippen molar-refractivity contribution in [1.82, 2.24) is 9.88 Å². The minimum absolute atomic E-state index is 0.361. The minimum Gasteiger partial charge on any atom is -0.497 e. The van der Waals surface area contributed by atoms with Gasteiger partial charge in [0.15, 0.2) is 6.61 Å². The number of aryl methyl sites for hydroxylation is 1. The van der Waals surface area contributed by atoms with Crippen LogP contribution in [-0.4, -0.2) is 42.5 Å². The molecule has 0 bridgehead atoms. The minimum atomic E-state index is -0.737. The van der Waals surface area contributed by atoms with Crippen molar-refractivity contribution in [3.8, 4) is 11.4 Å². The highest BCUT2D eigenvalue weighted by Crippen LogP contribution is 2.22. The second-order valence-electron chi connectivity index (χ2n) is 7.10. The Labute approximate surface area is 184 Å². The van der Waals surface area contributed by atoms with Crippen LogP contribution in [0.2, 0.25) is 0 Å². The lowest BCUT2D eigenvalue weighted by Crippen LogP contribution is -2.31. The summed E-state index contributed by atoms with van der Waals surface area (Å²) in [6.07, 6.45) is 0. The summed E-state index contributed by atoms with van der Waals surface area (Å²) in [6.45, 7) is 2.70. The van der Waals surface area contributed by atoms with E-state index in [2.05, 4.69) is 5.32 Å². The number of aromatic nitrogens is 1. The van der Waals surface area contributed by atoms with E-state index in [0.717, 1.165) is 5.69 Å². The van der Waals surface area contributed by atoms with Gasteiger partial charge in [-0.25, -0.2) is 4.39 Å². The number of nitrogens with one attached hydrogen (secondary N) is 1. The van der Waals surface area contributed by atoms with Crippen LogP contribution in [0.1, 0.15) is 32.1 Å². The van der Waals surface area contributed by atoms with Gasteiger partial charge in [-0.2, -0.15) is 0 Å². The number of nitrogens with zero attached hydrogens (tertiary/aromatic N) is 1. The summed E-state index contributed by atoms with van der Waals surface area (Å²) >= 11 is 0. The third-order valence-electron chi connectivity index (χ3n) is 4.91. The maximum absolute atomic E-state index is 13.6. The Hall–Kier alpha value is -3.94. The second-order valence-corrected chi connectivity index (χ2v) is 7.10. The summed E-state index contributed by atoms with van der Waals surface area (Å²) in [5, 5.41) is 2.45. The molecule has 0 unspecified atom stereocenters. The standard InChI is InChI=1S/C24H23FN2O5/c1-15-11-21(16(2)27(15)19-6-4-5-18(25)12-19)22(28)14-32-23(29)13-26-24(30)17-7-9-20(31-3)10-8-17/h4-12H,13-14H2,1-3H3,(H,26,30). The van der Waals surface area contributed by atoms with Crippen molar-refractivity contribution >= 4 is 17.7 Å². The van der Waals surface area contributed by atoms with Crippen molar-refractivity contribution in [2.75, 3.05) is 20.3 Å². The molecule has 166 valence electrons. The number of amides is 1. The molecule has 1 N–H and O–H groups in total. The molecule has 0 aliphatic carbocycles. The van der Waals surface area contributed by atoms with Crippen LogP contribution < -0.4 is 10.1 Å². The molecule has 1 amide bonds. The van der Waals surface area contributed by atoms with Gasteiger partial charge in [0.05, 0.1) is 7.11 Å². The normalized spacial score (nSPS) is 10.5. The Morgan fingerprint density at radius 2 is 1.75 bits per heavy atom. The predicted octanol–water partition coefficient (Wildman–Crippen LogP) is 3.40. The molecule has 8 heteroatoms. The van der Waals surface area contributed by atoms with Gasteiger partial charge in [-0.05, 0) is 62.4 Å². The van der Waals surface area contributed by atoms with Crippen LogP contribution in [-0.2, 0) is 9.53 Å². The average molecular weight is 438 g/mol. The van der Waals surface area contributed by atoms with Crippen LogP contribution in [0.4, 0.5) is 4.39 Å². The average Bonchev–Trinajstić information content (AvgIpc) is 3.09. The van der Waals surface area contributed by atoms with Crippen molar-refractivity contribution < 1.29 is 28.2 Å². The van der Waals surface area contributed by atoms with Crippen LogP contribution in [0, 0.1) is 19.7 Å². The molecule has 7 nitrogen and oxygen atoms in total. The van der Waals surface area contributed by atoms with E-state index in [-0.39, 0.29) is 12.4 Å². The van der Waals surface area contributed by atoms with Gasteiger partial charge in [-0.3, -0.25) is 14.4 Å². The molecule has 0 saturated heterocycles. The van der Waals surface area contributed by atoms with Crippen LogP contribution in [0.5, 0.6) is 5.75 Å². The fraction of sp³-hybridized carbons (Fsp3) is 0.208. The van der Waals surface area contributed by atoms with Gasteiger partial charge in [-0.1, -0.05) is 6.07 Å². The highest BCUT2D eigenvalue weighted by Gasteiger charge is 2.19. The number of methoxy groups -OCH3 is 1. The third kappa shape index (κ3) is 5.21. The number of ether oxygens (including phenoxy) is 2. The number of esters is 1. The van der Waals surface area contributed by atoms with E-state index >= 15 is 0 Å². The SMILES string of the molecule is COc1ccc(C(=O)NCC(=O)OCC(=O)c2cc(C)n(-c3cccc(F)c3)c2C)cc1. The number of ketones is 1. The van der Waals surface area contributed by atoms with Crippen molar-refractivity contribution in [3.05, 3.63) is 82.9 Å². The number of hydrogen-bond acceptors (Lipinski definition) is 5. The largest absolute Gasteiger partial charge is 0.497 e. The number of carbonyl (C=O) groups is 3. The van der Waals surface area contributed by atoms with Crippen LogP contribution >= 0.6 is 0 Å². The molecule has 32 heavy (non-hydrogen) atoms. The number of benzene rings is 2. The number of halogens is 1. The van der Waals surface area contributed by atoms with Crippen LogP contribution in [0.15, 0.2) is 54.6 Å². The summed E-state index contributed by atoms with van der Waals surface area (Å²) in [7, 11) is 1.52. The summed E-state index contributed by atoms with van der Waals surface area (Å²) in [6, 6.07) is 14.1. The smallest absolute Gasteiger partial charge is 0.325 e. The summed E-state index contributed by atoms with van der Waals surface area (Å²) in [5.41, 5.74) is 2.69. The number of hydrogen-bond donors (Lipinski definition) is 1. The van der Waals surface area contributed by atoms with E-state index in [1.165, 1.54) is 19.2 Å². The summed E-state index contributed by atoms with van der Waals surface area (Å²) < 4.78 is 25.4. The molecule has 0 atom stereocenters. The molecule has 3 rings (SSSR count). The first kappa shape index (κ1) is 22.7. The van der Waals surface area contributed by atoms with Gasteiger partial charge >= 0.3 is 5.97 Å². The zero-order valence-corrected chi connectivity index (χ0v) is 18.0. The van der Waals surface area contributed by atoms with Crippen molar-refractivity contribution in [1.29, 1.82) is 0 Å². The lowest BCUT2D eigenvalue weighted by atomic mass is 10.1. The Balaban J connectivity index is 1.56. The van der Waals surface area contributed by atoms with Gasteiger partial charge in [0.1, 0.15) is 18.1 Å². The van der Waals surface area contributed by atoms with E-state index in [1.807, 2.05) is 0 Å². The number of rotatable bonds is 8. The second kappa shape index (κ2) is 9.91. The quantitative estimate of drug-likeness (QED) is 0.430. The first-order valence-electron chi connectivity index (χ1n) is 9.86. The fourth-order valence-electron chi connectivity index (χ4n) is 3.33. The molecular weight excluding hydrogens is 415 g/mol. The monoisotopic (exact) mass is 438 g/mol. The van der Waals surface area contributed by atoms with Gasteiger partial charge in [-0.15, -0.1) is 0 Å². The lowest BCUT2D eigenvalue weighted by molar-refractivity contribution is -0.141. The highest BCUT2D eigenvalue weighted by molar-refractivity contribution is 6.00. The maximum Gasteiger partial charge on any atom is 0.325 e. The molecule has 0 saturated carbocycles. The third-order valence-corrected chi connectivity index (χ3v) is 4.91. The van der Waals surface area contributed by atoms with E-state index in [0.29, 0.717) is 28.3 Å². The molecule has 0 spiro atoms. The van der Waals surface area contributed by atoms with Crippen LogP contribution in [0.3, 0.4) is 0 Å². The molecule has 3 aromatic rings. The first-order chi connectivity index (χ1) is 15.3. The van der Waals surface area contributed by atoms with E-state index in [1.54, 1.807) is 60.9 Å². The first-order valence-corrected chi connectivity index (χ1v) is 9.86. The van der Waals surface area contributed by atoms with E-state index in [4.69, 9.17) is 9.47 Å². The summed E-state index contributed by atoms with van der Waals surface area (Å²) in [4.78, 5) is 36.7. The van der Waals surface area contributed by atoms with Crippen LogP contribution in [0.25, 0.3) is 5.69 Å². The predicted molar refractivity (Wildman–Crippen MR) is 116 cm³/mol. The van der Waals surface area contributed by atoms with Crippen molar-refractivity contribution in [3.63, 3.8) is 0 Å². The Morgan fingerprint density at radius 1 is 1.03 bits per heavy atom. The van der Waals surface area contributed by atoms with E-state index < -0.39 is 24.3 Å². The molecule has 0 radical (unpaired) electrons.